The summed E-state index contributed by atoms with van der Waals surface area (Å²) in [4.78, 5) is 11.3. The van der Waals surface area contributed by atoms with E-state index in [1.165, 1.54) is 0 Å². The van der Waals surface area contributed by atoms with Gasteiger partial charge in [-0.1, -0.05) is 6.92 Å². The van der Waals surface area contributed by atoms with Crippen LogP contribution in [-0.2, 0) is 19.0 Å². The van der Waals surface area contributed by atoms with Crippen molar-refractivity contribution in [2.75, 3.05) is 19.8 Å². The van der Waals surface area contributed by atoms with Crippen LogP contribution in [0.3, 0.4) is 0 Å². The van der Waals surface area contributed by atoms with Gasteiger partial charge >= 0.3 is 5.97 Å². The van der Waals surface area contributed by atoms with Crippen molar-refractivity contribution in [1.82, 2.24) is 0 Å². The SMILES string of the molecule is CC[C@@H]1C(C(=O)O)O[C@@H](OCC2COC(CO)[C@@H](O)C2O)C(O)C1O. The second-order valence-corrected chi connectivity index (χ2v) is 6.45. The summed E-state index contributed by atoms with van der Waals surface area (Å²) in [5, 5.41) is 58.3. The highest BCUT2D eigenvalue weighted by atomic mass is 16.7. The van der Waals surface area contributed by atoms with Crippen LogP contribution in [0.1, 0.15) is 13.3 Å². The number of carboxylic acids is 1. The molecule has 2 aliphatic rings. The number of ether oxygens (including phenoxy) is 3. The summed E-state index contributed by atoms with van der Waals surface area (Å²) in [7, 11) is 0. The average molecular weight is 366 g/mol. The number of rotatable bonds is 6. The fourth-order valence-electron chi connectivity index (χ4n) is 3.22. The molecule has 2 saturated heterocycles. The number of aliphatic carboxylic acids is 1. The molecule has 6 unspecified atom stereocenters. The van der Waals surface area contributed by atoms with Gasteiger partial charge in [-0.3, -0.25) is 0 Å². The maximum absolute atomic E-state index is 11.3. The number of hydrogen-bond donors (Lipinski definition) is 6. The largest absolute Gasteiger partial charge is 0.479 e. The molecule has 9 atom stereocenters. The smallest absolute Gasteiger partial charge is 0.333 e. The first-order chi connectivity index (χ1) is 11.8. The van der Waals surface area contributed by atoms with E-state index in [0.29, 0.717) is 6.42 Å². The summed E-state index contributed by atoms with van der Waals surface area (Å²) in [6, 6.07) is 0. The van der Waals surface area contributed by atoms with Gasteiger partial charge in [-0.25, -0.2) is 4.79 Å². The lowest BCUT2D eigenvalue weighted by atomic mass is 9.87. The highest BCUT2D eigenvalue weighted by molar-refractivity contribution is 5.73. The lowest BCUT2D eigenvalue weighted by Crippen LogP contribution is -2.58. The van der Waals surface area contributed by atoms with Gasteiger partial charge in [0.1, 0.15) is 18.3 Å². The highest BCUT2D eigenvalue weighted by Crippen LogP contribution is 2.30. The van der Waals surface area contributed by atoms with Gasteiger partial charge in [0.25, 0.3) is 0 Å². The average Bonchev–Trinajstić information content (AvgIpc) is 2.59. The highest BCUT2D eigenvalue weighted by Gasteiger charge is 2.48. The summed E-state index contributed by atoms with van der Waals surface area (Å²) in [6.07, 6.45) is -8.62. The van der Waals surface area contributed by atoms with Crippen LogP contribution in [0.15, 0.2) is 0 Å². The minimum Gasteiger partial charge on any atom is -0.479 e. The first-order valence-corrected chi connectivity index (χ1v) is 8.26. The molecule has 146 valence electrons. The van der Waals surface area contributed by atoms with E-state index in [1.54, 1.807) is 6.92 Å². The molecule has 0 bridgehead atoms. The van der Waals surface area contributed by atoms with Gasteiger partial charge in [-0.05, 0) is 6.42 Å². The topological polar surface area (TPSA) is 166 Å². The van der Waals surface area contributed by atoms with Gasteiger partial charge < -0.3 is 44.8 Å². The Hall–Kier alpha value is -0.850. The van der Waals surface area contributed by atoms with Crippen molar-refractivity contribution >= 4 is 5.97 Å². The van der Waals surface area contributed by atoms with Crippen LogP contribution in [0.5, 0.6) is 0 Å². The lowest BCUT2D eigenvalue weighted by Gasteiger charge is -2.42. The molecule has 0 radical (unpaired) electrons. The molecule has 2 aliphatic heterocycles. The first-order valence-electron chi connectivity index (χ1n) is 8.26. The monoisotopic (exact) mass is 366 g/mol. The fraction of sp³-hybridized carbons (Fsp3) is 0.933. The third kappa shape index (κ3) is 4.29. The number of carbonyl (C=O) groups is 1. The Morgan fingerprint density at radius 3 is 2.36 bits per heavy atom. The van der Waals surface area contributed by atoms with Gasteiger partial charge in [-0.15, -0.1) is 0 Å². The van der Waals surface area contributed by atoms with E-state index in [4.69, 9.17) is 19.3 Å². The zero-order chi connectivity index (χ0) is 18.7. The van der Waals surface area contributed by atoms with Crippen LogP contribution in [-0.4, -0.2) is 99.3 Å². The number of aliphatic hydroxyl groups excluding tert-OH is 5. The zero-order valence-electron chi connectivity index (χ0n) is 13.8. The predicted octanol–water partition coefficient (Wildman–Crippen LogP) is -2.71. The molecule has 25 heavy (non-hydrogen) atoms. The quantitative estimate of drug-likeness (QED) is 0.291. The first kappa shape index (κ1) is 20.5. The molecule has 2 fully saturated rings. The molecule has 0 aliphatic carbocycles. The molecule has 0 aromatic heterocycles. The summed E-state index contributed by atoms with van der Waals surface area (Å²) in [6.45, 7) is 1.03. The summed E-state index contributed by atoms with van der Waals surface area (Å²) in [5.74, 6) is -2.71. The van der Waals surface area contributed by atoms with E-state index in [-0.39, 0.29) is 13.2 Å². The lowest BCUT2D eigenvalue weighted by molar-refractivity contribution is -0.292. The van der Waals surface area contributed by atoms with Crippen LogP contribution >= 0.6 is 0 Å². The Bertz CT molecular complexity index is 446. The number of aliphatic hydroxyl groups is 5. The second-order valence-electron chi connectivity index (χ2n) is 6.45. The molecule has 2 heterocycles. The van der Waals surface area contributed by atoms with E-state index in [0.717, 1.165) is 0 Å². The van der Waals surface area contributed by atoms with Crippen LogP contribution in [0.4, 0.5) is 0 Å². The summed E-state index contributed by atoms with van der Waals surface area (Å²) in [5.41, 5.74) is 0. The van der Waals surface area contributed by atoms with E-state index in [1.807, 2.05) is 0 Å². The van der Waals surface area contributed by atoms with Gasteiger partial charge in [0.15, 0.2) is 12.4 Å². The van der Waals surface area contributed by atoms with Gasteiger partial charge in [0.05, 0.1) is 32.0 Å². The third-order valence-electron chi connectivity index (χ3n) is 4.84. The zero-order valence-corrected chi connectivity index (χ0v) is 13.8. The van der Waals surface area contributed by atoms with E-state index in [2.05, 4.69) is 0 Å². The Labute approximate surface area is 144 Å². The molecule has 6 N–H and O–H groups in total. The van der Waals surface area contributed by atoms with Crippen molar-refractivity contribution in [3.05, 3.63) is 0 Å². The van der Waals surface area contributed by atoms with Crippen LogP contribution in [0.2, 0.25) is 0 Å². The Balaban J connectivity index is 1.96. The van der Waals surface area contributed by atoms with Crippen molar-refractivity contribution in [3.8, 4) is 0 Å². The van der Waals surface area contributed by atoms with Gasteiger partial charge in [0.2, 0.25) is 0 Å². The van der Waals surface area contributed by atoms with Crippen molar-refractivity contribution in [1.29, 1.82) is 0 Å². The molecule has 2 rings (SSSR count). The van der Waals surface area contributed by atoms with Crippen molar-refractivity contribution in [2.45, 2.75) is 56.3 Å². The molecule has 0 spiro atoms. The van der Waals surface area contributed by atoms with Gasteiger partial charge in [-0.2, -0.15) is 0 Å². The minimum absolute atomic E-state index is 0.00519. The normalized spacial score (nSPS) is 45.3. The fourth-order valence-corrected chi connectivity index (χ4v) is 3.22. The number of hydrogen-bond acceptors (Lipinski definition) is 9. The molecule has 0 aromatic rings. The Morgan fingerprint density at radius 2 is 1.80 bits per heavy atom. The van der Waals surface area contributed by atoms with E-state index >= 15 is 0 Å². The Kier molecular flexibility index (Phi) is 7.11. The maximum Gasteiger partial charge on any atom is 0.333 e. The molecule has 0 amide bonds. The second kappa shape index (κ2) is 8.69. The molecule has 0 aromatic carbocycles. The third-order valence-corrected chi connectivity index (χ3v) is 4.84. The Morgan fingerprint density at radius 1 is 1.12 bits per heavy atom. The molecule has 10 nitrogen and oxygen atoms in total. The standard InChI is InChI=1S/C15H26O10/c1-2-7-10(18)12(20)15(25-13(7)14(21)22)24-5-6-4-23-8(3-16)11(19)9(6)17/h6-13,15-20H,2-5H2,1H3,(H,21,22)/t6?,7-,8?,9?,10?,11+,12?,13?,15+/m0/s1. The molecular weight excluding hydrogens is 340 g/mol. The predicted molar refractivity (Wildman–Crippen MR) is 80.4 cm³/mol. The van der Waals surface area contributed by atoms with Crippen LogP contribution in [0, 0.1) is 11.8 Å². The summed E-state index contributed by atoms with van der Waals surface area (Å²) >= 11 is 0. The molecular formula is C15H26O10. The summed E-state index contributed by atoms with van der Waals surface area (Å²) < 4.78 is 15.8. The van der Waals surface area contributed by atoms with Crippen molar-refractivity contribution in [2.24, 2.45) is 11.8 Å². The number of carboxylic acid groups (broad SMARTS) is 1. The van der Waals surface area contributed by atoms with Crippen molar-refractivity contribution < 1.29 is 49.6 Å². The maximum atomic E-state index is 11.3. The van der Waals surface area contributed by atoms with Crippen LogP contribution in [0.25, 0.3) is 0 Å². The van der Waals surface area contributed by atoms with E-state index < -0.39 is 67.3 Å². The minimum atomic E-state index is -1.45. The van der Waals surface area contributed by atoms with Crippen LogP contribution < -0.4 is 0 Å². The molecule has 10 heteroatoms. The van der Waals surface area contributed by atoms with Crippen molar-refractivity contribution in [3.63, 3.8) is 0 Å². The van der Waals surface area contributed by atoms with Gasteiger partial charge in [0, 0.05) is 11.8 Å². The van der Waals surface area contributed by atoms with E-state index in [9.17, 15) is 30.3 Å². The molecule has 0 saturated carbocycles.